The second kappa shape index (κ2) is 4.51. The minimum atomic E-state index is -0.443. The van der Waals surface area contributed by atoms with Crippen LogP contribution in [-0.2, 0) is 0 Å². The van der Waals surface area contributed by atoms with Crippen LogP contribution in [0.2, 0.25) is 5.02 Å². The molecule has 0 saturated heterocycles. The van der Waals surface area contributed by atoms with Crippen LogP contribution in [0.25, 0.3) is 11.5 Å². The van der Waals surface area contributed by atoms with Gasteiger partial charge in [0.25, 0.3) is 5.89 Å². The summed E-state index contributed by atoms with van der Waals surface area (Å²) < 4.78 is 18.8. The number of aromatic nitrogens is 2. The Morgan fingerprint density at radius 2 is 2.19 bits per heavy atom. The van der Waals surface area contributed by atoms with Crippen LogP contribution in [0.3, 0.4) is 0 Å². The van der Waals surface area contributed by atoms with Crippen molar-refractivity contribution in [1.29, 1.82) is 0 Å². The minimum Gasteiger partial charge on any atom is -0.419 e. The van der Waals surface area contributed by atoms with Crippen molar-refractivity contribution in [2.75, 3.05) is 0 Å². The Bertz CT molecular complexity index is 515. The molecule has 0 amide bonds. The maximum absolute atomic E-state index is 13.5. The van der Waals surface area contributed by atoms with E-state index in [0.29, 0.717) is 10.9 Å². The molecule has 0 bridgehead atoms. The van der Waals surface area contributed by atoms with Crippen molar-refractivity contribution >= 4 is 27.5 Å². The fraction of sp³-hybridized carbons (Fsp3) is 0.200. The maximum Gasteiger partial charge on any atom is 0.250 e. The number of benzene rings is 1. The van der Waals surface area contributed by atoms with Crippen LogP contribution < -0.4 is 0 Å². The Hall–Kier alpha value is -0.940. The topological polar surface area (TPSA) is 38.9 Å². The predicted molar refractivity (Wildman–Crippen MR) is 62.0 cm³/mol. The fourth-order valence-corrected chi connectivity index (χ4v) is 1.52. The zero-order chi connectivity index (χ0) is 11.7. The van der Waals surface area contributed by atoms with Gasteiger partial charge in [-0.15, -0.1) is 10.2 Å². The molecular formula is C10H7BrClFN2O. The summed E-state index contributed by atoms with van der Waals surface area (Å²) in [6.45, 7) is 1.84. The van der Waals surface area contributed by atoms with Gasteiger partial charge in [-0.3, -0.25) is 0 Å². The van der Waals surface area contributed by atoms with Crippen LogP contribution in [0.1, 0.15) is 17.6 Å². The highest BCUT2D eigenvalue weighted by atomic mass is 79.9. The lowest BCUT2D eigenvalue weighted by atomic mass is 10.2. The van der Waals surface area contributed by atoms with Crippen LogP contribution in [-0.4, -0.2) is 10.2 Å². The minimum absolute atomic E-state index is 0.0732. The highest BCUT2D eigenvalue weighted by Crippen LogP contribution is 2.28. The average Bonchev–Trinajstić information content (AvgIpc) is 2.70. The smallest absolute Gasteiger partial charge is 0.250 e. The third-order valence-electron chi connectivity index (χ3n) is 1.94. The van der Waals surface area contributed by atoms with Gasteiger partial charge in [-0.25, -0.2) is 4.39 Å². The molecule has 0 spiro atoms. The van der Waals surface area contributed by atoms with Gasteiger partial charge in [0.1, 0.15) is 5.82 Å². The molecule has 0 radical (unpaired) electrons. The van der Waals surface area contributed by atoms with Gasteiger partial charge in [0.15, 0.2) is 0 Å². The van der Waals surface area contributed by atoms with Gasteiger partial charge in [-0.05, 0) is 25.1 Å². The number of nitrogens with zero attached hydrogens (tertiary/aromatic N) is 2. The van der Waals surface area contributed by atoms with E-state index in [1.54, 1.807) is 0 Å². The van der Waals surface area contributed by atoms with E-state index in [1.165, 1.54) is 18.2 Å². The van der Waals surface area contributed by atoms with Crippen molar-refractivity contribution in [3.8, 4) is 11.5 Å². The standard InChI is InChI=1S/C10H7BrClFN2O/c1-5(11)9-14-15-10(16-9)7-4-6(12)2-3-8(7)13/h2-5H,1H3. The van der Waals surface area contributed by atoms with Gasteiger partial charge in [-0.1, -0.05) is 27.5 Å². The quantitative estimate of drug-likeness (QED) is 0.788. The summed E-state index contributed by atoms with van der Waals surface area (Å²) in [7, 11) is 0. The molecule has 0 aliphatic heterocycles. The predicted octanol–water partition coefficient (Wildman–Crippen LogP) is 3.99. The summed E-state index contributed by atoms with van der Waals surface area (Å²) in [5.74, 6) is 0.0810. The zero-order valence-corrected chi connectivity index (χ0v) is 10.6. The van der Waals surface area contributed by atoms with Crippen molar-refractivity contribution in [3.05, 3.63) is 34.9 Å². The van der Waals surface area contributed by atoms with Crippen LogP contribution in [0.15, 0.2) is 22.6 Å². The molecule has 0 aliphatic carbocycles. The lowest BCUT2D eigenvalue weighted by Gasteiger charge is -1.98. The molecule has 16 heavy (non-hydrogen) atoms. The van der Waals surface area contributed by atoms with E-state index in [-0.39, 0.29) is 16.3 Å². The van der Waals surface area contributed by atoms with E-state index >= 15 is 0 Å². The number of halogens is 3. The number of alkyl halides is 1. The van der Waals surface area contributed by atoms with Gasteiger partial charge in [0, 0.05) is 5.02 Å². The number of hydrogen-bond donors (Lipinski definition) is 0. The molecule has 1 unspecified atom stereocenters. The van der Waals surface area contributed by atoms with E-state index in [2.05, 4.69) is 26.1 Å². The molecule has 0 saturated carbocycles. The van der Waals surface area contributed by atoms with Crippen LogP contribution in [0, 0.1) is 5.82 Å². The van der Waals surface area contributed by atoms with Crippen molar-refractivity contribution in [3.63, 3.8) is 0 Å². The van der Waals surface area contributed by atoms with Gasteiger partial charge in [-0.2, -0.15) is 0 Å². The fourth-order valence-electron chi connectivity index (χ4n) is 1.17. The Labute approximate surface area is 105 Å². The van der Waals surface area contributed by atoms with Crippen molar-refractivity contribution < 1.29 is 8.81 Å². The molecule has 3 nitrogen and oxygen atoms in total. The monoisotopic (exact) mass is 304 g/mol. The van der Waals surface area contributed by atoms with Crippen LogP contribution >= 0.6 is 27.5 Å². The Morgan fingerprint density at radius 1 is 1.44 bits per heavy atom. The van der Waals surface area contributed by atoms with Crippen LogP contribution in [0.4, 0.5) is 4.39 Å². The SMILES string of the molecule is CC(Br)c1nnc(-c2cc(Cl)ccc2F)o1. The normalized spacial score (nSPS) is 12.8. The maximum atomic E-state index is 13.5. The third kappa shape index (κ3) is 2.25. The summed E-state index contributed by atoms with van der Waals surface area (Å²) >= 11 is 9.06. The third-order valence-corrected chi connectivity index (χ3v) is 2.57. The van der Waals surface area contributed by atoms with E-state index in [9.17, 15) is 4.39 Å². The molecule has 0 aliphatic rings. The lowest BCUT2D eigenvalue weighted by Crippen LogP contribution is -1.84. The molecule has 1 aromatic heterocycles. The summed E-state index contributed by atoms with van der Waals surface area (Å²) in [5, 5.41) is 7.97. The first-order chi connectivity index (χ1) is 7.58. The van der Waals surface area contributed by atoms with Crippen molar-refractivity contribution in [2.45, 2.75) is 11.8 Å². The Balaban J connectivity index is 2.46. The van der Waals surface area contributed by atoms with Gasteiger partial charge in [0.05, 0.1) is 10.4 Å². The molecule has 0 fully saturated rings. The van der Waals surface area contributed by atoms with E-state index in [4.69, 9.17) is 16.0 Å². The van der Waals surface area contributed by atoms with Crippen molar-refractivity contribution in [1.82, 2.24) is 10.2 Å². The molecule has 2 rings (SSSR count). The summed E-state index contributed by atoms with van der Waals surface area (Å²) in [6, 6.07) is 4.18. The van der Waals surface area contributed by atoms with Gasteiger partial charge in [0.2, 0.25) is 5.89 Å². The molecule has 0 N–H and O–H groups in total. The first kappa shape index (κ1) is 11.5. The molecule has 1 heterocycles. The molecule has 6 heteroatoms. The second-order valence-corrected chi connectivity index (χ2v) is 5.00. The summed E-state index contributed by atoms with van der Waals surface area (Å²) in [4.78, 5) is -0.0732. The zero-order valence-electron chi connectivity index (χ0n) is 8.25. The highest BCUT2D eigenvalue weighted by molar-refractivity contribution is 9.09. The molecular weight excluding hydrogens is 298 g/mol. The van der Waals surface area contributed by atoms with Crippen LogP contribution in [0.5, 0.6) is 0 Å². The average molecular weight is 306 g/mol. The largest absolute Gasteiger partial charge is 0.419 e. The van der Waals surface area contributed by atoms with Gasteiger partial charge >= 0.3 is 0 Å². The molecule has 1 atom stereocenters. The highest BCUT2D eigenvalue weighted by Gasteiger charge is 2.15. The molecule has 2 aromatic rings. The summed E-state index contributed by atoms with van der Waals surface area (Å²) in [5.41, 5.74) is 0.208. The van der Waals surface area contributed by atoms with Crippen molar-refractivity contribution in [2.24, 2.45) is 0 Å². The van der Waals surface area contributed by atoms with E-state index in [0.717, 1.165) is 0 Å². The first-order valence-corrected chi connectivity index (χ1v) is 5.80. The number of hydrogen-bond acceptors (Lipinski definition) is 3. The van der Waals surface area contributed by atoms with E-state index < -0.39 is 5.82 Å². The molecule has 1 aromatic carbocycles. The number of rotatable bonds is 2. The lowest BCUT2D eigenvalue weighted by molar-refractivity contribution is 0.506. The second-order valence-electron chi connectivity index (χ2n) is 3.19. The Morgan fingerprint density at radius 3 is 2.81 bits per heavy atom. The first-order valence-electron chi connectivity index (χ1n) is 4.51. The molecule has 84 valence electrons. The Kier molecular flexibility index (Phi) is 3.25. The summed E-state index contributed by atoms with van der Waals surface area (Å²) in [6.07, 6.45) is 0. The van der Waals surface area contributed by atoms with E-state index in [1.807, 2.05) is 6.92 Å². The van der Waals surface area contributed by atoms with Gasteiger partial charge < -0.3 is 4.42 Å².